The second-order valence-electron chi connectivity index (χ2n) is 7.62. The Bertz CT molecular complexity index is 1140. The highest BCUT2D eigenvalue weighted by Gasteiger charge is 2.42. The zero-order chi connectivity index (χ0) is 20.0. The summed E-state index contributed by atoms with van der Waals surface area (Å²) in [5.41, 5.74) is 21.5. The van der Waals surface area contributed by atoms with E-state index in [2.05, 4.69) is 9.98 Å². The number of nitrogens with zero attached hydrogens (tertiary/aromatic N) is 4. The van der Waals surface area contributed by atoms with Gasteiger partial charge in [-0.05, 0) is 62.1 Å². The molecule has 1 aliphatic heterocycles. The first-order chi connectivity index (χ1) is 14.0. The number of oxazole rings is 1. The summed E-state index contributed by atoms with van der Waals surface area (Å²) in [6, 6.07) is 13.3. The average molecular weight is 389 g/mol. The van der Waals surface area contributed by atoms with E-state index in [9.17, 15) is 0 Å². The Kier molecular flexibility index (Phi) is 3.94. The fourth-order valence-corrected chi connectivity index (χ4v) is 4.34. The number of anilines is 2. The van der Waals surface area contributed by atoms with Crippen LogP contribution in [-0.4, -0.2) is 22.6 Å². The van der Waals surface area contributed by atoms with Crippen LogP contribution in [0.15, 0.2) is 56.9 Å². The molecule has 1 saturated carbocycles. The summed E-state index contributed by atoms with van der Waals surface area (Å²) in [5, 5.41) is 0. The monoisotopic (exact) mass is 389 g/mol. The zero-order valence-corrected chi connectivity index (χ0v) is 16.0. The smallest absolute Gasteiger partial charge is 0.227 e. The number of rotatable bonds is 2. The third-order valence-electron chi connectivity index (χ3n) is 5.61. The Hall–Kier alpha value is -3.55. The molecule has 8 heteroatoms. The van der Waals surface area contributed by atoms with Gasteiger partial charge in [0, 0.05) is 16.9 Å². The van der Waals surface area contributed by atoms with Crippen molar-refractivity contribution in [2.75, 3.05) is 10.6 Å². The summed E-state index contributed by atoms with van der Waals surface area (Å²) < 4.78 is 5.94. The molecule has 0 unspecified atom stereocenters. The first kappa shape index (κ1) is 17.5. The summed E-state index contributed by atoms with van der Waals surface area (Å²) in [5.74, 6) is 1.14. The summed E-state index contributed by atoms with van der Waals surface area (Å²) in [6.45, 7) is 0. The van der Waals surface area contributed by atoms with Gasteiger partial charge in [-0.2, -0.15) is 4.99 Å². The summed E-state index contributed by atoms with van der Waals surface area (Å²) in [7, 11) is 0. The average Bonchev–Trinajstić information content (AvgIpc) is 3.11. The van der Waals surface area contributed by atoms with Crippen molar-refractivity contribution in [3.63, 3.8) is 0 Å². The minimum absolute atomic E-state index is 0.244. The molecule has 2 aliphatic rings. The number of nitrogen functional groups attached to an aromatic ring is 1. The van der Waals surface area contributed by atoms with Gasteiger partial charge in [-0.15, -0.1) is 0 Å². The molecule has 0 amide bonds. The molecule has 148 valence electrons. The molecule has 2 aromatic carbocycles. The van der Waals surface area contributed by atoms with E-state index in [4.69, 9.17) is 26.6 Å². The van der Waals surface area contributed by atoms with E-state index in [0.717, 1.165) is 42.5 Å². The second kappa shape index (κ2) is 6.51. The standard InChI is InChI=1S/C21H23N7O/c22-14-7-8-17-16(12-14)25-18(29-17)13-5-4-6-15(11-13)28-20(24)26-19(23)27-21(28)9-2-1-3-10-21/h4-8,11-12H,1-3,9-10,22H2,(H4,23,24,26,27). The fraction of sp³-hybridized carbons (Fsp3) is 0.286. The van der Waals surface area contributed by atoms with Crippen molar-refractivity contribution < 1.29 is 4.42 Å². The molecule has 3 aromatic rings. The number of aliphatic imine (C=N–C) groups is 2. The van der Waals surface area contributed by atoms with E-state index in [1.165, 1.54) is 6.42 Å². The highest BCUT2D eigenvalue weighted by Crippen LogP contribution is 2.40. The molecule has 8 nitrogen and oxygen atoms in total. The molecule has 1 aliphatic carbocycles. The van der Waals surface area contributed by atoms with Crippen LogP contribution in [0.3, 0.4) is 0 Å². The lowest BCUT2D eigenvalue weighted by Crippen LogP contribution is -2.58. The van der Waals surface area contributed by atoms with Crippen LogP contribution in [-0.2, 0) is 0 Å². The van der Waals surface area contributed by atoms with Crippen LogP contribution in [0, 0.1) is 0 Å². The van der Waals surface area contributed by atoms with Crippen LogP contribution in [0.1, 0.15) is 32.1 Å². The van der Waals surface area contributed by atoms with Gasteiger partial charge in [0.25, 0.3) is 0 Å². The second-order valence-corrected chi connectivity index (χ2v) is 7.62. The Morgan fingerprint density at radius 1 is 0.966 bits per heavy atom. The van der Waals surface area contributed by atoms with Gasteiger partial charge in [-0.25, -0.2) is 9.98 Å². The number of nitrogens with two attached hydrogens (primary N) is 3. The summed E-state index contributed by atoms with van der Waals surface area (Å²) in [4.78, 5) is 15.6. The molecule has 1 aromatic heterocycles. The Morgan fingerprint density at radius 2 is 1.79 bits per heavy atom. The third kappa shape index (κ3) is 2.97. The van der Waals surface area contributed by atoms with Gasteiger partial charge in [0.05, 0.1) is 0 Å². The first-order valence-electron chi connectivity index (χ1n) is 9.80. The van der Waals surface area contributed by atoms with Gasteiger partial charge in [-0.1, -0.05) is 12.5 Å². The zero-order valence-electron chi connectivity index (χ0n) is 16.0. The van der Waals surface area contributed by atoms with Crippen LogP contribution in [0.2, 0.25) is 0 Å². The van der Waals surface area contributed by atoms with E-state index >= 15 is 0 Å². The molecule has 1 fully saturated rings. The maximum absolute atomic E-state index is 6.34. The van der Waals surface area contributed by atoms with Gasteiger partial charge in [0.2, 0.25) is 17.8 Å². The molecule has 1 spiro atoms. The maximum Gasteiger partial charge on any atom is 0.227 e. The highest BCUT2D eigenvalue weighted by atomic mass is 16.3. The Balaban J connectivity index is 1.58. The molecular formula is C21H23N7O. The van der Waals surface area contributed by atoms with E-state index in [0.29, 0.717) is 23.1 Å². The van der Waals surface area contributed by atoms with Crippen molar-refractivity contribution in [1.82, 2.24) is 4.98 Å². The van der Waals surface area contributed by atoms with E-state index < -0.39 is 5.66 Å². The SMILES string of the molecule is NC1=NC2(CCCCC2)N(c2cccc(-c3nc4cc(N)ccc4o3)c2)C(N)=N1. The fourth-order valence-electron chi connectivity index (χ4n) is 4.34. The number of benzene rings is 2. The van der Waals surface area contributed by atoms with Crippen molar-refractivity contribution in [3.05, 3.63) is 42.5 Å². The van der Waals surface area contributed by atoms with Gasteiger partial charge in [0.1, 0.15) is 11.2 Å². The minimum Gasteiger partial charge on any atom is -0.436 e. The molecule has 2 heterocycles. The van der Waals surface area contributed by atoms with Crippen molar-refractivity contribution in [1.29, 1.82) is 0 Å². The number of hydrogen-bond donors (Lipinski definition) is 3. The lowest BCUT2D eigenvalue weighted by atomic mass is 9.87. The minimum atomic E-state index is -0.484. The predicted molar refractivity (Wildman–Crippen MR) is 115 cm³/mol. The third-order valence-corrected chi connectivity index (χ3v) is 5.61. The molecule has 0 atom stereocenters. The van der Waals surface area contributed by atoms with Gasteiger partial charge in [-0.3, -0.25) is 4.90 Å². The Labute approximate surface area is 168 Å². The van der Waals surface area contributed by atoms with E-state index in [1.54, 1.807) is 12.1 Å². The van der Waals surface area contributed by atoms with Crippen LogP contribution in [0.25, 0.3) is 22.6 Å². The van der Waals surface area contributed by atoms with Gasteiger partial charge < -0.3 is 21.6 Å². The topological polar surface area (TPSA) is 132 Å². The summed E-state index contributed by atoms with van der Waals surface area (Å²) in [6.07, 6.45) is 5.11. The number of guanidine groups is 2. The quantitative estimate of drug-likeness (QED) is 0.577. The van der Waals surface area contributed by atoms with E-state index in [-0.39, 0.29) is 5.96 Å². The molecular weight excluding hydrogens is 366 g/mol. The number of aromatic nitrogens is 1. The first-order valence-corrected chi connectivity index (χ1v) is 9.80. The Morgan fingerprint density at radius 3 is 2.62 bits per heavy atom. The molecule has 6 N–H and O–H groups in total. The molecule has 0 bridgehead atoms. The lowest BCUT2D eigenvalue weighted by molar-refractivity contribution is 0.305. The van der Waals surface area contributed by atoms with Gasteiger partial charge in [0.15, 0.2) is 5.58 Å². The van der Waals surface area contributed by atoms with Crippen molar-refractivity contribution in [2.45, 2.75) is 37.8 Å². The van der Waals surface area contributed by atoms with Crippen LogP contribution < -0.4 is 22.1 Å². The molecule has 0 radical (unpaired) electrons. The predicted octanol–water partition coefficient (Wildman–Crippen LogP) is 3.19. The van der Waals surface area contributed by atoms with Crippen molar-refractivity contribution >= 4 is 34.4 Å². The number of hydrogen-bond acceptors (Lipinski definition) is 8. The highest BCUT2D eigenvalue weighted by molar-refractivity contribution is 6.05. The van der Waals surface area contributed by atoms with Crippen molar-refractivity contribution in [2.24, 2.45) is 21.5 Å². The molecule has 0 saturated heterocycles. The molecule has 5 rings (SSSR count). The number of fused-ring (bicyclic) bond motifs is 1. The lowest BCUT2D eigenvalue weighted by Gasteiger charge is -2.45. The summed E-state index contributed by atoms with van der Waals surface area (Å²) >= 11 is 0. The van der Waals surface area contributed by atoms with Crippen LogP contribution >= 0.6 is 0 Å². The van der Waals surface area contributed by atoms with Gasteiger partial charge >= 0.3 is 0 Å². The van der Waals surface area contributed by atoms with E-state index in [1.807, 2.05) is 35.2 Å². The largest absolute Gasteiger partial charge is 0.436 e. The normalized spacial score (nSPS) is 18.7. The maximum atomic E-state index is 6.34. The van der Waals surface area contributed by atoms with Crippen molar-refractivity contribution in [3.8, 4) is 11.5 Å². The molecule has 29 heavy (non-hydrogen) atoms. The van der Waals surface area contributed by atoms with Crippen LogP contribution in [0.4, 0.5) is 11.4 Å². The van der Waals surface area contributed by atoms with Crippen LogP contribution in [0.5, 0.6) is 0 Å².